The third kappa shape index (κ3) is 5.04. The molecule has 0 spiro atoms. The zero-order valence-corrected chi connectivity index (χ0v) is 19.3. The highest BCUT2D eigenvalue weighted by molar-refractivity contribution is 7.89. The molecule has 4 rings (SSSR count). The number of amides is 1. The Balaban J connectivity index is 1.69. The molecule has 0 saturated carbocycles. The Bertz CT molecular complexity index is 1460. The van der Waals surface area contributed by atoms with Crippen molar-refractivity contribution in [2.45, 2.75) is 17.1 Å². The molecule has 0 saturated heterocycles. The first kappa shape index (κ1) is 24.1. The largest absolute Gasteiger partial charge is 0.417 e. The molecule has 1 aromatic heterocycles. The number of hydrogen-bond donors (Lipinski definition) is 2. The molecule has 34 heavy (non-hydrogen) atoms. The number of benzene rings is 3. The summed E-state index contributed by atoms with van der Waals surface area (Å²) in [6.07, 6.45) is -4.74. The molecule has 0 aliphatic carbocycles. The normalized spacial score (nSPS) is 13.1. The number of alkyl halides is 3. The van der Waals surface area contributed by atoms with E-state index in [9.17, 15) is 26.4 Å². The van der Waals surface area contributed by atoms with Crippen molar-refractivity contribution < 1.29 is 26.4 Å². The Hall–Kier alpha value is -3.06. The molecule has 0 fully saturated rings. The molecule has 3 aromatic carbocycles. The standard InChI is InChI=1S/C21H14ClF3N4O3S2/c22-15-10-9-13(11-14(15)21(23,24)25)26-20(30)18(12-5-2-1-3-6-12)29-34(31,32)17-8-4-7-16-19(17)28-33-27-16/h1-11,18,29H,(H,26,30)/t18-/m1/s1. The van der Waals surface area contributed by atoms with Gasteiger partial charge in [0.1, 0.15) is 22.0 Å². The van der Waals surface area contributed by atoms with Gasteiger partial charge in [0.05, 0.1) is 22.3 Å². The van der Waals surface area contributed by atoms with Gasteiger partial charge in [0, 0.05) is 5.69 Å². The van der Waals surface area contributed by atoms with Crippen LogP contribution in [0.15, 0.2) is 71.6 Å². The van der Waals surface area contributed by atoms with Gasteiger partial charge in [-0.05, 0) is 35.9 Å². The van der Waals surface area contributed by atoms with Crippen LogP contribution in [-0.4, -0.2) is 23.1 Å². The SMILES string of the molecule is O=C(Nc1ccc(Cl)c(C(F)(F)F)c1)[C@H](NS(=O)(=O)c1cccc2nsnc12)c1ccccc1. The van der Waals surface area contributed by atoms with Crippen molar-refractivity contribution in [3.8, 4) is 0 Å². The summed E-state index contributed by atoms with van der Waals surface area (Å²) in [4.78, 5) is 12.9. The number of halogens is 4. The van der Waals surface area contributed by atoms with Crippen LogP contribution in [0.3, 0.4) is 0 Å². The molecule has 0 aliphatic heterocycles. The van der Waals surface area contributed by atoms with Crippen LogP contribution in [0.4, 0.5) is 18.9 Å². The Labute approximate surface area is 201 Å². The van der Waals surface area contributed by atoms with Crippen LogP contribution in [0, 0.1) is 0 Å². The molecular formula is C21H14ClF3N4O3S2. The Morgan fingerprint density at radius 1 is 1.00 bits per heavy atom. The second-order valence-corrected chi connectivity index (χ2v) is 9.65. The minimum Gasteiger partial charge on any atom is -0.324 e. The molecule has 1 atom stereocenters. The number of nitrogens with zero attached hydrogens (tertiary/aromatic N) is 2. The van der Waals surface area contributed by atoms with Gasteiger partial charge < -0.3 is 5.32 Å². The highest BCUT2D eigenvalue weighted by atomic mass is 35.5. The van der Waals surface area contributed by atoms with Crippen LogP contribution in [-0.2, 0) is 21.0 Å². The quantitative estimate of drug-likeness (QED) is 0.367. The van der Waals surface area contributed by atoms with Gasteiger partial charge in [-0.15, -0.1) is 0 Å². The average molecular weight is 527 g/mol. The van der Waals surface area contributed by atoms with Crippen molar-refractivity contribution in [3.05, 3.63) is 82.9 Å². The van der Waals surface area contributed by atoms with Crippen molar-refractivity contribution in [1.82, 2.24) is 13.5 Å². The lowest BCUT2D eigenvalue weighted by atomic mass is 10.1. The topological polar surface area (TPSA) is 101 Å². The Morgan fingerprint density at radius 3 is 2.44 bits per heavy atom. The molecule has 0 bridgehead atoms. The van der Waals surface area contributed by atoms with Crippen molar-refractivity contribution in [3.63, 3.8) is 0 Å². The predicted octanol–water partition coefficient (Wildman–Crippen LogP) is 5.02. The summed E-state index contributed by atoms with van der Waals surface area (Å²) >= 11 is 6.47. The molecular weight excluding hydrogens is 513 g/mol. The van der Waals surface area contributed by atoms with E-state index >= 15 is 0 Å². The highest BCUT2D eigenvalue weighted by Crippen LogP contribution is 2.36. The fraction of sp³-hybridized carbons (Fsp3) is 0.0952. The summed E-state index contributed by atoms with van der Waals surface area (Å²) in [6.45, 7) is 0. The fourth-order valence-electron chi connectivity index (χ4n) is 3.17. The number of anilines is 1. The predicted molar refractivity (Wildman–Crippen MR) is 122 cm³/mol. The fourth-order valence-corrected chi connectivity index (χ4v) is 5.34. The van der Waals surface area contributed by atoms with Gasteiger partial charge >= 0.3 is 6.18 Å². The zero-order valence-electron chi connectivity index (χ0n) is 16.9. The van der Waals surface area contributed by atoms with E-state index in [0.29, 0.717) is 11.6 Å². The van der Waals surface area contributed by atoms with E-state index in [2.05, 4.69) is 18.8 Å². The number of carbonyl (C=O) groups is 1. The molecule has 7 nitrogen and oxygen atoms in total. The van der Waals surface area contributed by atoms with Crippen LogP contribution in [0.25, 0.3) is 11.0 Å². The third-order valence-electron chi connectivity index (χ3n) is 4.75. The summed E-state index contributed by atoms with van der Waals surface area (Å²) in [5.41, 5.74) is -0.550. The molecule has 0 aliphatic rings. The monoisotopic (exact) mass is 526 g/mol. The lowest BCUT2D eigenvalue weighted by molar-refractivity contribution is -0.137. The molecule has 0 radical (unpaired) electrons. The van der Waals surface area contributed by atoms with E-state index in [1.165, 1.54) is 30.3 Å². The maximum absolute atomic E-state index is 13.2. The first-order chi connectivity index (χ1) is 16.1. The summed E-state index contributed by atoms with van der Waals surface area (Å²) < 4.78 is 76.4. The van der Waals surface area contributed by atoms with E-state index < -0.39 is 38.7 Å². The average Bonchev–Trinajstić information content (AvgIpc) is 3.27. The Kier molecular flexibility index (Phi) is 6.58. The summed E-state index contributed by atoms with van der Waals surface area (Å²) in [5, 5.41) is 1.80. The number of rotatable bonds is 6. The van der Waals surface area contributed by atoms with Crippen LogP contribution < -0.4 is 10.0 Å². The third-order valence-corrected chi connectivity index (χ3v) is 7.07. The molecule has 4 aromatic rings. The molecule has 1 amide bonds. The lowest BCUT2D eigenvalue weighted by Gasteiger charge is -2.20. The number of carbonyl (C=O) groups excluding carboxylic acids is 1. The van der Waals surface area contributed by atoms with Gasteiger partial charge in [0.2, 0.25) is 15.9 Å². The summed E-state index contributed by atoms with van der Waals surface area (Å²) in [6, 6.07) is 13.7. The second-order valence-electron chi connectivity index (χ2n) is 7.03. The van der Waals surface area contributed by atoms with Crippen LogP contribution in [0.1, 0.15) is 17.2 Å². The van der Waals surface area contributed by atoms with Gasteiger partial charge in [-0.1, -0.05) is 48.0 Å². The maximum Gasteiger partial charge on any atom is 0.417 e. The van der Waals surface area contributed by atoms with E-state index in [1.807, 2.05) is 0 Å². The first-order valence-corrected chi connectivity index (χ1v) is 12.1. The number of sulfonamides is 1. The van der Waals surface area contributed by atoms with E-state index in [4.69, 9.17) is 11.6 Å². The van der Waals surface area contributed by atoms with E-state index in [-0.39, 0.29) is 21.7 Å². The number of nitrogens with one attached hydrogen (secondary N) is 2. The van der Waals surface area contributed by atoms with Gasteiger partial charge in [-0.2, -0.15) is 26.6 Å². The second kappa shape index (κ2) is 9.29. The van der Waals surface area contributed by atoms with E-state index in [1.54, 1.807) is 24.3 Å². The first-order valence-electron chi connectivity index (χ1n) is 9.52. The van der Waals surface area contributed by atoms with Crippen molar-refractivity contribution in [2.24, 2.45) is 0 Å². The van der Waals surface area contributed by atoms with Crippen molar-refractivity contribution in [2.75, 3.05) is 5.32 Å². The van der Waals surface area contributed by atoms with Crippen LogP contribution >= 0.6 is 23.3 Å². The smallest absolute Gasteiger partial charge is 0.324 e. The molecule has 2 N–H and O–H groups in total. The molecule has 176 valence electrons. The number of aromatic nitrogens is 2. The molecule has 0 unspecified atom stereocenters. The minimum atomic E-state index is -4.74. The zero-order chi connectivity index (χ0) is 24.5. The summed E-state index contributed by atoms with van der Waals surface area (Å²) in [5.74, 6) is -0.895. The van der Waals surface area contributed by atoms with Crippen molar-refractivity contribution in [1.29, 1.82) is 0 Å². The number of hydrogen-bond acceptors (Lipinski definition) is 6. The van der Waals surface area contributed by atoms with Gasteiger partial charge in [0.15, 0.2) is 0 Å². The molecule has 1 heterocycles. The van der Waals surface area contributed by atoms with Gasteiger partial charge in [-0.3, -0.25) is 4.79 Å². The van der Waals surface area contributed by atoms with Crippen LogP contribution in [0.2, 0.25) is 5.02 Å². The minimum absolute atomic E-state index is 0.139. The van der Waals surface area contributed by atoms with Gasteiger partial charge in [-0.25, -0.2) is 8.42 Å². The van der Waals surface area contributed by atoms with Gasteiger partial charge in [0.25, 0.3) is 0 Å². The summed E-state index contributed by atoms with van der Waals surface area (Å²) in [7, 11) is -4.29. The number of fused-ring (bicyclic) bond motifs is 1. The Morgan fingerprint density at radius 2 is 1.74 bits per heavy atom. The maximum atomic E-state index is 13.2. The van der Waals surface area contributed by atoms with Crippen LogP contribution in [0.5, 0.6) is 0 Å². The highest BCUT2D eigenvalue weighted by Gasteiger charge is 2.34. The molecule has 13 heteroatoms. The van der Waals surface area contributed by atoms with Crippen molar-refractivity contribution >= 4 is 56.0 Å². The lowest BCUT2D eigenvalue weighted by Crippen LogP contribution is -2.37. The van der Waals surface area contributed by atoms with E-state index in [0.717, 1.165) is 17.8 Å².